The summed E-state index contributed by atoms with van der Waals surface area (Å²) in [6.07, 6.45) is 0. The van der Waals surface area contributed by atoms with Crippen LogP contribution in [-0.2, 0) is 10.8 Å². The average Bonchev–Trinajstić information content (AvgIpc) is 2.54. The van der Waals surface area contributed by atoms with Crippen LogP contribution in [0.1, 0.15) is 11.6 Å². The van der Waals surface area contributed by atoms with Gasteiger partial charge in [0, 0.05) is 16.7 Å². The molecule has 0 aliphatic heterocycles. The van der Waals surface area contributed by atoms with E-state index < -0.39 is 10.8 Å². The summed E-state index contributed by atoms with van der Waals surface area (Å²) < 4.78 is 22.7. The maximum atomic E-state index is 12.3. The second-order valence-corrected chi connectivity index (χ2v) is 6.04. The van der Waals surface area contributed by atoms with Crippen LogP contribution < -0.4 is 15.2 Å². The molecule has 2 unspecified atom stereocenters. The van der Waals surface area contributed by atoms with Crippen LogP contribution in [0.3, 0.4) is 0 Å². The van der Waals surface area contributed by atoms with E-state index in [0.29, 0.717) is 17.3 Å². The number of hydrogen-bond acceptors (Lipinski definition) is 4. The largest absolute Gasteiger partial charge is 0.493 e. The zero-order chi connectivity index (χ0) is 15.2. The van der Waals surface area contributed by atoms with Gasteiger partial charge in [0.25, 0.3) is 0 Å². The molecule has 0 saturated carbocycles. The van der Waals surface area contributed by atoms with Crippen LogP contribution >= 0.6 is 0 Å². The van der Waals surface area contributed by atoms with Crippen LogP contribution in [0.2, 0.25) is 0 Å². The van der Waals surface area contributed by atoms with Crippen LogP contribution in [0.25, 0.3) is 0 Å². The molecule has 2 aromatic carbocycles. The Bertz CT molecular complexity index is 616. The van der Waals surface area contributed by atoms with Crippen molar-refractivity contribution in [1.29, 1.82) is 0 Å². The second kappa shape index (κ2) is 7.24. The number of ether oxygens (including phenoxy) is 2. The Labute approximate surface area is 127 Å². The molecule has 21 heavy (non-hydrogen) atoms. The lowest BCUT2D eigenvalue weighted by Gasteiger charge is -2.14. The van der Waals surface area contributed by atoms with Gasteiger partial charge in [0.1, 0.15) is 0 Å². The van der Waals surface area contributed by atoms with Gasteiger partial charge in [-0.25, -0.2) is 0 Å². The van der Waals surface area contributed by atoms with Crippen molar-refractivity contribution in [3.05, 3.63) is 54.1 Å². The van der Waals surface area contributed by atoms with Gasteiger partial charge in [-0.05, 0) is 29.8 Å². The van der Waals surface area contributed by atoms with E-state index in [1.54, 1.807) is 20.3 Å². The third-order valence-corrected chi connectivity index (χ3v) is 4.63. The molecule has 0 fully saturated rings. The molecule has 2 atom stereocenters. The van der Waals surface area contributed by atoms with E-state index in [2.05, 4.69) is 0 Å². The Morgan fingerprint density at radius 3 is 2.33 bits per heavy atom. The molecule has 0 amide bonds. The minimum atomic E-state index is -1.13. The molecule has 0 aliphatic carbocycles. The normalized spacial score (nSPS) is 13.5. The molecule has 2 N–H and O–H groups in total. The SMILES string of the molecule is COc1ccc(C(N)CS(=O)c2ccccc2)cc1OC. The summed E-state index contributed by atoms with van der Waals surface area (Å²) in [5.74, 6) is 1.63. The number of benzene rings is 2. The zero-order valence-corrected chi connectivity index (χ0v) is 12.9. The summed E-state index contributed by atoms with van der Waals surface area (Å²) in [5, 5.41) is 0. The fourth-order valence-corrected chi connectivity index (χ4v) is 3.18. The minimum absolute atomic E-state index is 0.328. The lowest BCUT2D eigenvalue weighted by molar-refractivity contribution is 0.354. The van der Waals surface area contributed by atoms with Crippen molar-refractivity contribution < 1.29 is 13.7 Å². The first-order valence-corrected chi connectivity index (χ1v) is 7.88. The predicted molar refractivity (Wildman–Crippen MR) is 84.2 cm³/mol. The van der Waals surface area contributed by atoms with Gasteiger partial charge in [0.15, 0.2) is 11.5 Å². The van der Waals surface area contributed by atoms with Crippen molar-refractivity contribution >= 4 is 10.8 Å². The molecule has 0 radical (unpaired) electrons. The van der Waals surface area contributed by atoms with Crippen molar-refractivity contribution in [2.45, 2.75) is 10.9 Å². The van der Waals surface area contributed by atoms with Gasteiger partial charge in [0.2, 0.25) is 0 Å². The summed E-state index contributed by atoms with van der Waals surface area (Å²) >= 11 is 0. The van der Waals surface area contributed by atoms with Crippen molar-refractivity contribution in [3.8, 4) is 11.5 Å². The highest BCUT2D eigenvalue weighted by Gasteiger charge is 2.14. The Balaban J connectivity index is 2.13. The van der Waals surface area contributed by atoms with E-state index in [0.717, 1.165) is 10.5 Å². The van der Waals surface area contributed by atoms with Crippen molar-refractivity contribution in [2.24, 2.45) is 5.73 Å². The molecular weight excluding hydrogens is 286 g/mol. The highest BCUT2D eigenvalue weighted by Crippen LogP contribution is 2.29. The first-order chi connectivity index (χ1) is 10.2. The highest BCUT2D eigenvalue weighted by molar-refractivity contribution is 7.85. The van der Waals surface area contributed by atoms with Crippen LogP contribution in [-0.4, -0.2) is 24.2 Å². The van der Waals surface area contributed by atoms with E-state index in [9.17, 15) is 4.21 Å². The Morgan fingerprint density at radius 1 is 1.05 bits per heavy atom. The number of rotatable bonds is 6. The molecule has 0 aliphatic rings. The summed E-state index contributed by atoms with van der Waals surface area (Å²) in [7, 11) is 2.04. The van der Waals surface area contributed by atoms with E-state index >= 15 is 0 Å². The summed E-state index contributed by atoms with van der Waals surface area (Å²) in [6, 6.07) is 14.5. The molecule has 0 spiro atoms. The summed E-state index contributed by atoms with van der Waals surface area (Å²) in [6.45, 7) is 0. The van der Waals surface area contributed by atoms with E-state index in [1.165, 1.54) is 0 Å². The topological polar surface area (TPSA) is 61.5 Å². The molecule has 0 saturated heterocycles. The number of methoxy groups -OCH3 is 2. The van der Waals surface area contributed by atoms with Gasteiger partial charge in [0.05, 0.1) is 25.0 Å². The average molecular weight is 305 g/mol. The second-order valence-electron chi connectivity index (χ2n) is 4.55. The molecule has 2 rings (SSSR count). The van der Waals surface area contributed by atoms with Gasteiger partial charge >= 0.3 is 0 Å². The molecule has 0 bridgehead atoms. The lowest BCUT2D eigenvalue weighted by atomic mass is 10.1. The fourth-order valence-electron chi connectivity index (χ4n) is 2.01. The van der Waals surface area contributed by atoms with Gasteiger partial charge in [-0.3, -0.25) is 4.21 Å². The number of nitrogens with two attached hydrogens (primary N) is 1. The Hall–Kier alpha value is -1.85. The fraction of sp³-hybridized carbons (Fsp3) is 0.250. The smallest absolute Gasteiger partial charge is 0.161 e. The van der Waals surface area contributed by atoms with Crippen LogP contribution in [0.15, 0.2) is 53.4 Å². The molecule has 4 nitrogen and oxygen atoms in total. The van der Waals surface area contributed by atoms with E-state index in [1.807, 2.05) is 42.5 Å². The van der Waals surface area contributed by atoms with Crippen molar-refractivity contribution in [1.82, 2.24) is 0 Å². The zero-order valence-electron chi connectivity index (χ0n) is 12.1. The van der Waals surface area contributed by atoms with E-state index in [4.69, 9.17) is 15.2 Å². The first-order valence-electron chi connectivity index (χ1n) is 6.56. The standard InChI is InChI=1S/C16H19NO3S/c1-19-15-9-8-12(10-16(15)20-2)14(17)11-21(18)13-6-4-3-5-7-13/h3-10,14H,11,17H2,1-2H3. The van der Waals surface area contributed by atoms with Gasteiger partial charge in [-0.15, -0.1) is 0 Å². The van der Waals surface area contributed by atoms with Crippen molar-refractivity contribution in [2.75, 3.05) is 20.0 Å². The molecule has 2 aromatic rings. The predicted octanol–water partition coefficient (Wildman–Crippen LogP) is 2.51. The monoisotopic (exact) mass is 305 g/mol. The highest BCUT2D eigenvalue weighted by atomic mass is 32.2. The van der Waals surface area contributed by atoms with Crippen LogP contribution in [0.4, 0.5) is 0 Å². The van der Waals surface area contributed by atoms with Gasteiger partial charge in [-0.1, -0.05) is 24.3 Å². The Morgan fingerprint density at radius 2 is 1.71 bits per heavy atom. The molecular formula is C16H19NO3S. The molecule has 0 aromatic heterocycles. The van der Waals surface area contributed by atoms with E-state index in [-0.39, 0.29) is 6.04 Å². The third kappa shape index (κ3) is 3.83. The molecule has 112 valence electrons. The van der Waals surface area contributed by atoms with Crippen LogP contribution in [0, 0.1) is 0 Å². The summed E-state index contributed by atoms with van der Waals surface area (Å²) in [5.41, 5.74) is 7.03. The van der Waals surface area contributed by atoms with Crippen molar-refractivity contribution in [3.63, 3.8) is 0 Å². The maximum Gasteiger partial charge on any atom is 0.161 e. The first kappa shape index (κ1) is 15.5. The third-order valence-electron chi connectivity index (χ3n) is 3.17. The van der Waals surface area contributed by atoms with Gasteiger partial charge < -0.3 is 15.2 Å². The number of hydrogen-bond donors (Lipinski definition) is 1. The van der Waals surface area contributed by atoms with Gasteiger partial charge in [-0.2, -0.15) is 0 Å². The lowest BCUT2D eigenvalue weighted by Crippen LogP contribution is -2.18. The quantitative estimate of drug-likeness (QED) is 0.891. The Kier molecular flexibility index (Phi) is 5.36. The summed E-state index contributed by atoms with van der Waals surface area (Å²) in [4.78, 5) is 0.786. The molecule has 5 heteroatoms. The maximum absolute atomic E-state index is 12.3. The molecule has 0 heterocycles. The van der Waals surface area contributed by atoms with Crippen LogP contribution in [0.5, 0.6) is 11.5 Å². The minimum Gasteiger partial charge on any atom is -0.493 e.